The maximum absolute atomic E-state index is 12.3. The van der Waals surface area contributed by atoms with Crippen LogP contribution in [0.5, 0.6) is 0 Å². The molecule has 4 rings (SSSR count). The number of hydrogen-bond acceptors (Lipinski definition) is 3. The number of likely N-dealkylation sites (N-methyl/N-ethyl adjacent to an activating group) is 1. The van der Waals surface area contributed by atoms with Gasteiger partial charge in [0.15, 0.2) is 0 Å². The number of carbonyl (C=O) groups excluding carboxylic acids is 1. The van der Waals surface area contributed by atoms with Crippen molar-refractivity contribution in [1.82, 2.24) is 20.1 Å². The molecule has 3 aromatic rings. The molecule has 1 amide bonds. The average Bonchev–Trinajstić information content (AvgIpc) is 3.22. The Morgan fingerprint density at radius 2 is 1.68 bits per heavy atom. The average molecular weight is 419 g/mol. The number of aryl methyl sites for hydroxylation is 1. The van der Waals surface area contributed by atoms with E-state index in [-0.39, 0.29) is 5.91 Å². The van der Waals surface area contributed by atoms with Crippen LogP contribution in [0.4, 0.5) is 0 Å². The molecule has 0 radical (unpaired) electrons. The van der Waals surface area contributed by atoms with Crippen molar-refractivity contribution in [3.8, 4) is 0 Å². The third kappa shape index (κ3) is 5.96. The van der Waals surface area contributed by atoms with Gasteiger partial charge in [0.2, 0.25) is 5.91 Å². The van der Waals surface area contributed by atoms with Crippen LogP contribution in [0.2, 0.25) is 0 Å². The maximum Gasteiger partial charge on any atom is 0.220 e. The number of benzene rings is 2. The number of fused-ring (bicyclic) bond motifs is 1. The van der Waals surface area contributed by atoms with Crippen molar-refractivity contribution >= 4 is 16.8 Å². The van der Waals surface area contributed by atoms with Crippen LogP contribution in [-0.4, -0.2) is 53.4 Å². The summed E-state index contributed by atoms with van der Waals surface area (Å²) >= 11 is 0. The van der Waals surface area contributed by atoms with Crippen molar-refractivity contribution in [2.24, 2.45) is 0 Å². The first-order valence-electron chi connectivity index (χ1n) is 11.6. The molecule has 1 fully saturated rings. The zero-order valence-corrected chi connectivity index (χ0v) is 18.6. The SMILES string of the molecule is CCN1CCN(Cc2ccc(CNC(=O)CCCc3c[nH]c4ccccc34)cc2)CC1. The number of carbonyl (C=O) groups is 1. The molecule has 1 aromatic heterocycles. The molecule has 5 heteroatoms. The molecule has 0 unspecified atom stereocenters. The summed E-state index contributed by atoms with van der Waals surface area (Å²) in [6.45, 7) is 9.61. The van der Waals surface area contributed by atoms with Crippen molar-refractivity contribution < 1.29 is 4.79 Å². The van der Waals surface area contributed by atoms with E-state index in [0.29, 0.717) is 13.0 Å². The molecular formula is C26H34N4O. The molecule has 0 aliphatic carbocycles. The van der Waals surface area contributed by atoms with Crippen LogP contribution in [0.3, 0.4) is 0 Å². The Morgan fingerprint density at radius 1 is 0.968 bits per heavy atom. The molecule has 5 nitrogen and oxygen atoms in total. The second-order valence-corrected chi connectivity index (χ2v) is 8.52. The quantitative estimate of drug-likeness (QED) is 0.553. The van der Waals surface area contributed by atoms with Gasteiger partial charge in [0.25, 0.3) is 0 Å². The number of rotatable bonds is 9. The van der Waals surface area contributed by atoms with Crippen molar-refractivity contribution in [1.29, 1.82) is 0 Å². The lowest BCUT2D eigenvalue weighted by Crippen LogP contribution is -2.45. The predicted molar refractivity (Wildman–Crippen MR) is 127 cm³/mol. The topological polar surface area (TPSA) is 51.4 Å². The van der Waals surface area contributed by atoms with Gasteiger partial charge in [0, 0.05) is 62.8 Å². The molecule has 0 saturated carbocycles. The minimum absolute atomic E-state index is 0.123. The number of para-hydroxylation sites is 1. The van der Waals surface area contributed by atoms with E-state index >= 15 is 0 Å². The molecular weight excluding hydrogens is 384 g/mol. The van der Waals surface area contributed by atoms with E-state index in [1.807, 2.05) is 6.07 Å². The molecule has 1 aliphatic heterocycles. The summed E-state index contributed by atoms with van der Waals surface area (Å²) in [5.74, 6) is 0.123. The van der Waals surface area contributed by atoms with Crippen LogP contribution < -0.4 is 5.32 Å². The van der Waals surface area contributed by atoms with Crippen molar-refractivity contribution in [2.45, 2.75) is 39.3 Å². The van der Waals surface area contributed by atoms with Gasteiger partial charge in [0.05, 0.1) is 0 Å². The minimum atomic E-state index is 0.123. The Balaban J connectivity index is 1.16. The van der Waals surface area contributed by atoms with Crippen LogP contribution in [-0.2, 0) is 24.3 Å². The first-order chi connectivity index (χ1) is 15.2. The third-order valence-corrected chi connectivity index (χ3v) is 6.36. The molecule has 1 saturated heterocycles. The van der Waals surface area contributed by atoms with Gasteiger partial charge >= 0.3 is 0 Å². The summed E-state index contributed by atoms with van der Waals surface area (Å²) in [4.78, 5) is 20.6. The highest BCUT2D eigenvalue weighted by molar-refractivity contribution is 5.83. The van der Waals surface area contributed by atoms with Gasteiger partial charge in [0.1, 0.15) is 0 Å². The molecule has 2 N–H and O–H groups in total. The fraction of sp³-hybridized carbons (Fsp3) is 0.423. The van der Waals surface area contributed by atoms with E-state index in [9.17, 15) is 4.79 Å². The lowest BCUT2D eigenvalue weighted by molar-refractivity contribution is -0.121. The molecule has 0 bridgehead atoms. The van der Waals surface area contributed by atoms with Gasteiger partial charge in [-0.1, -0.05) is 49.4 Å². The maximum atomic E-state index is 12.3. The number of piperazine rings is 1. The Hall–Kier alpha value is -2.63. The largest absolute Gasteiger partial charge is 0.361 e. The summed E-state index contributed by atoms with van der Waals surface area (Å²) in [5.41, 5.74) is 4.95. The lowest BCUT2D eigenvalue weighted by atomic mass is 10.1. The first kappa shape index (κ1) is 21.6. The highest BCUT2D eigenvalue weighted by Gasteiger charge is 2.15. The number of amides is 1. The lowest BCUT2D eigenvalue weighted by Gasteiger charge is -2.34. The Morgan fingerprint density at radius 3 is 2.45 bits per heavy atom. The highest BCUT2D eigenvalue weighted by atomic mass is 16.1. The molecule has 1 aliphatic rings. The minimum Gasteiger partial charge on any atom is -0.361 e. The molecule has 0 atom stereocenters. The molecule has 164 valence electrons. The zero-order chi connectivity index (χ0) is 21.5. The first-order valence-corrected chi connectivity index (χ1v) is 11.6. The summed E-state index contributed by atoms with van der Waals surface area (Å²) in [5, 5.41) is 4.33. The van der Waals surface area contributed by atoms with Gasteiger partial charge in [-0.25, -0.2) is 0 Å². The van der Waals surface area contributed by atoms with Crippen molar-refractivity contribution in [2.75, 3.05) is 32.7 Å². The van der Waals surface area contributed by atoms with E-state index in [1.165, 1.54) is 29.6 Å². The normalized spacial score (nSPS) is 15.4. The molecule has 2 heterocycles. The number of aromatic nitrogens is 1. The fourth-order valence-corrected chi connectivity index (χ4v) is 4.35. The Kier molecular flexibility index (Phi) is 7.39. The van der Waals surface area contributed by atoms with Crippen LogP contribution in [0, 0.1) is 0 Å². The second-order valence-electron chi connectivity index (χ2n) is 8.52. The van der Waals surface area contributed by atoms with E-state index < -0.39 is 0 Å². The number of hydrogen-bond donors (Lipinski definition) is 2. The molecule has 0 spiro atoms. The van der Waals surface area contributed by atoms with Crippen molar-refractivity contribution in [3.05, 3.63) is 71.4 Å². The van der Waals surface area contributed by atoms with Gasteiger partial charge in [-0.3, -0.25) is 9.69 Å². The number of H-pyrrole nitrogens is 1. The summed E-state index contributed by atoms with van der Waals surface area (Å²) in [6, 6.07) is 17.0. The van der Waals surface area contributed by atoms with E-state index in [0.717, 1.165) is 50.1 Å². The van der Waals surface area contributed by atoms with Gasteiger partial charge in [-0.2, -0.15) is 0 Å². The van der Waals surface area contributed by atoms with Gasteiger partial charge in [-0.15, -0.1) is 0 Å². The zero-order valence-electron chi connectivity index (χ0n) is 18.6. The van der Waals surface area contributed by atoms with E-state index in [2.05, 4.69) is 75.7 Å². The fourth-order valence-electron chi connectivity index (χ4n) is 4.35. The number of aromatic amines is 1. The van der Waals surface area contributed by atoms with Crippen LogP contribution in [0.15, 0.2) is 54.7 Å². The van der Waals surface area contributed by atoms with Crippen molar-refractivity contribution in [3.63, 3.8) is 0 Å². The van der Waals surface area contributed by atoms with E-state index in [1.54, 1.807) is 0 Å². The predicted octanol–water partition coefficient (Wildman–Crippen LogP) is 3.94. The second kappa shape index (κ2) is 10.6. The monoisotopic (exact) mass is 418 g/mol. The molecule has 31 heavy (non-hydrogen) atoms. The Labute approximate surface area is 185 Å². The van der Waals surface area contributed by atoms with Crippen LogP contribution >= 0.6 is 0 Å². The molecule has 2 aromatic carbocycles. The summed E-state index contributed by atoms with van der Waals surface area (Å²) < 4.78 is 0. The Bertz CT molecular complexity index is 970. The van der Waals surface area contributed by atoms with Gasteiger partial charge < -0.3 is 15.2 Å². The summed E-state index contributed by atoms with van der Waals surface area (Å²) in [6.07, 6.45) is 4.39. The van der Waals surface area contributed by atoms with E-state index in [4.69, 9.17) is 0 Å². The standard InChI is InChI=1S/C26H34N4O/c1-2-29-14-16-30(17-15-29)20-22-12-10-21(11-13-22)18-28-26(31)9-5-6-23-19-27-25-8-4-3-7-24(23)25/h3-4,7-8,10-13,19,27H,2,5-6,9,14-18,20H2,1H3,(H,28,31). The number of nitrogens with one attached hydrogen (secondary N) is 2. The van der Waals surface area contributed by atoms with Crippen LogP contribution in [0.25, 0.3) is 10.9 Å². The third-order valence-electron chi connectivity index (χ3n) is 6.36. The smallest absolute Gasteiger partial charge is 0.220 e. The highest BCUT2D eigenvalue weighted by Crippen LogP contribution is 2.19. The number of nitrogens with zero attached hydrogens (tertiary/aromatic N) is 2. The summed E-state index contributed by atoms with van der Waals surface area (Å²) in [7, 11) is 0. The van der Waals surface area contributed by atoms with Gasteiger partial charge in [-0.05, 0) is 42.1 Å². The van der Waals surface area contributed by atoms with Crippen LogP contribution in [0.1, 0.15) is 36.5 Å².